The molecular weight excluding hydrogens is 415 g/mol. The molecule has 1 saturated heterocycles. The predicted molar refractivity (Wildman–Crippen MR) is 121 cm³/mol. The molecule has 0 bridgehead atoms. The number of hydrogen-bond acceptors (Lipinski definition) is 5. The summed E-state index contributed by atoms with van der Waals surface area (Å²) in [7, 11) is 0. The number of benzene rings is 2. The van der Waals surface area contributed by atoms with Gasteiger partial charge in [0.05, 0.1) is 12.3 Å². The Morgan fingerprint density at radius 3 is 2.65 bits per heavy atom. The van der Waals surface area contributed by atoms with Crippen LogP contribution in [0.3, 0.4) is 0 Å². The molecular formula is C24H25FN2O3S. The minimum absolute atomic E-state index is 0.0106. The summed E-state index contributed by atoms with van der Waals surface area (Å²) < 4.78 is 19.5. The summed E-state index contributed by atoms with van der Waals surface area (Å²) in [6, 6.07) is 13.6. The molecule has 1 aromatic heterocycles. The second-order valence-corrected chi connectivity index (χ2v) is 8.69. The van der Waals surface area contributed by atoms with Crippen LogP contribution in [-0.2, 0) is 4.74 Å². The molecule has 0 atom stereocenters. The van der Waals surface area contributed by atoms with Crippen LogP contribution in [0.1, 0.15) is 29.6 Å². The first kappa shape index (κ1) is 21.5. The Kier molecular flexibility index (Phi) is 6.94. The molecule has 1 aliphatic heterocycles. The Morgan fingerprint density at radius 1 is 1.10 bits per heavy atom. The third kappa shape index (κ3) is 5.48. The van der Waals surface area contributed by atoms with Crippen molar-refractivity contribution in [3.8, 4) is 0 Å². The van der Waals surface area contributed by atoms with E-state index in [4.69, 9.17) is 4.74 Å². The second-order valence-electron chi connectivity index (χ2n) is 7.74. The van der Waals surface area contributed by atoms with E-state index in [0.29, 0.717) is 12.2 Å². The van der Waals surface area contributed by atoms with Crippen molar-refractivity contribution < 1.29 is 18.7 Å². The van der Waals surface area contributed by atoms with Crippen LogP contribution in [0.25, 0.3) is 10.1 Å². The maximum absolute atomic E-state index is 13.0. The van der Waals surface area contributed by atoms with Gasteiger partial charge in [-0.15, -0.1) is 11.3 Å². The summed E-state index contributed by atoms with van der Waals surface area (Å²) in [5.74, 6) is -0.241. The average Bonchev–Trinajstić information content (AvgIpc) is 3.27. The van der Waals surface area contributed by atoms with Crippen LogP contribution in [-0.4, -0.2) is 43.0 Å². The number of ketones is 1. The molecule has 1 N–H and O–H groups in total. The summed E-state index contributed by atoms with van der Waals surface area (Å²) in [5.41, 5.74) is 1.34. The molecule has 0 saturated carbocycles. The molecule has 0 spiro atoms. The van der Waals surface area contributed by atoms with Crippen molar-refractivity contribution in [1.29, 1.82) is 0 Å². The van der Waals surface area contributed by atoms with Crippen molar-refractivity contribution in [2.24, 2.45) is 5.92 Å². The summed E-state index contributed by atoms with van der Waals surface area (Å²) >= 11 is 1.63. The van der Waals surface area contributed by atoms with E-state index in [0.717, 1.165) is 54.7 Å². The van der Waals surface area contributed by atoms with Crippen molar-refractivity contribution in [3.05, 3.63) is 65.3 Å². The summed E-state index contributed by atoms with van der Waals surface area (Å²) in [5, 5.41) is 5.83. The number of anilines is 1. The van der Waals surface area contributed by atoms with Crippen LogP contribution in [0.15, 0.2) is 53.9 Å². The van der Waals surface area contributed by atoms with Gasteiger partial charge < -0.3 is 9.64 Å². The molecule has 0 radical (unpaired) electrons. The molecule has 1 amide bonds. The van der Waals surface area contributed by atoms with Gasteiger partial charge in [0, 0.05) is 28.1 Å². The average molecular weight is 441 g/mol. The lowest BCUT2D eigenvalue weighted by Gasteiger charge is -2.31. The third-order valence-electron chi connectivity index (χ3n) is 5.67. The van der Waals surface area contributed by atoms with Gasteiger partial charge in [-0.3, -0.25) is 10.1 Å². The molecule has 31 heavy (non-hydrogen) atoms. The van der Waals surface area contributed by atoms with E-state index < -0.39 is 6.09 Å². The van der Waals surface area contributed by atoms with E-state index >= 15 is 0 Å². The van der Waals surface area contributed by atoms with Gasteiger partial charge in [-0.05, 0) is 80.2 Å². The lowest BCUT2D eigenvalue weighted by molar-refractivity contribution is 0.0830. The van der Waals surface area contributed by atoms with Crippen LogP contribution in [0, 0.1) is 11.7 Å². The highest BCUT2D eigenvalue weighted by molar-refractivity contribution is 7.17. The summed E-state index contributed by atoms with van der Waals surface area (Å²) in [6.07, 6.45) is 1.89. The highest BCUT2D eigenvalue weighted by Gasteiger charge is 2.25. The minimum Gasteiger partial charge on any atom is -0.449 e. The normalized spacial score (nSPS) is 15.1. The minimum atomic E-state index is -0.442. The topological polar surface area (TPSA) is 58.6 Å². The number of amides is 1. The monoisotopic (exact) mass is 440 g/mol. The number of halogens is 1. The number of carbonyl (C=O) groups is 2. The number of nitrogens with one attached hydrogen (secondary N) is 1. The zero-order valence-corrected chi connectivity index (χ0v) is 18.0. The number of piperidine rings is 1. The SMILES string of the molecule is O=C(Nc1cccc2sccc12)OCCCN1CCC(C(=O)c2ccc(F)cc2)CC1. The van der Waals surface area contributed by atoms with E-state index in [1.54, 1.807) is 23.5 Å². The largest absolute Gasteiger partial charge is 0.449 e. The molecule has 162 valence electrons. The fraction of sp³-hybridized carbons (Fsp3) is 0.333. The van der Waals surface area contributed by atoms with E-state index in [1.807, 2.05) is 29.6 Å². The van der Waals surface area contributed by atoms with Crippen molar-refractivity contribution in [2.45, 2.75) is 19.3 Å². The number of ether oxygens (including phenoxy) is 1. The number of rotatable bonds is 7. The van der Waals surface area contributed by atoms with Crippen molar-refractivity contribution in [2.75, 3.05) is 31.6 Å². The number of likely N-dealkylation sites (tertiary alicyclic amines) is 1. The highest BCUT2D eigenvalue weighted by Crippen LogP contribution is 2.28. The molecule has 2 aromatic carbocycles. The highest BCUT2D eigenvalue weighted by atomic mass is 32.1. The van der Waals surface area contributed by atoms with Gasteiger partial charge >= 0.3 is 6.09 Å². The summed E-state index contributed by atoms with van der Waals surface area (Å²) in [4.78, 5) is 27.0. The van der Waals surface area contributed by atoms with Crippen LogP contribution >= 0.6 is 11.3 Å². The van der Waals surface area contributed by atoms with Crippen LogP contribution in [0.4, 0.5) is 14.9 Å². The smallest absolute Gasteiger partial charge is 0.411 e. The van der Waals surface area contributed by atoms with Gasteiger partial charge in [-0.2, -0.15) is 0 Å². The fourth-order valence-electron chi connectivity index (χ4n) is 3.97. The van der Waals surface area contributed by atoms with E-state index in [2.05, 4.69) is 10.2 Å². The van der Waals surface area contributed by atoms with Crippen LogP contribution in [0.5, 0.6) is 0 Å². The Hall–Kier alpha value is -2.77. The molecule has 1 fully saturated rings. The van der Waals surface area contributed by atoms with E-state index in [9.17, 15) is 14.0 Å². The number of carbonyl (C=O) groups excluding carboxylic acids is 2. The Labute approximate surface area is 184 Å². The van der Waals surface area contributed by atoms with E-state index in [1.165, 1.54) is 12.1 Å². The Bertz CT molecular complexity index is 1040. The first-order chi connectivity index (χ1) is 15.1. The molecule has 5 nitrogen and oxygen atoms in total. The van der Waals surface area contributed by atoms with Gasteiger partial charge in [0.2, 0.25) is 0 Å². The van der Waals surface area contributed by atoms with Crippen molar-refractivity contribution >= 4 is 39.0 Å². The number of hydrogen-bond donors (Lipinski definition) is 1. The fourth-order valence-corrected chi connectivity index (χ4v) is 4.78. The van der Waals surface area contributed by atoms with Gasteiger partial charge in [-0.1, -0.05) is 6.07 Å². The quantitative estimate of drug-likeness (QED) is 0.385. The number of Topliss-reactive ketones (excluding diaryl/α,β-unsaturated/α-hetero) is 1. The van der Waals surface area contributed by atoms with Gasteiger partial charge in [0.1, 0.15) is 5.82 Å². The first-order valence-corrected chi connectivity index (χ1v) is 11.4. The zero-order valence-electron chi connectivity index (χ0n) is 17.2. The molecule has 0 aliphatic carbocycles. The van der Waals surface area contributed by atoms with Crippen LogP contribution < -0.4 is 5.32 Å². The van der Waals surface area contributed by atoms with Crippen molar-refractivity contribution in [1.82, 2.24) is 4.90 Å². The Morgan fingerprint density at radius 2 is 1.87 bits per heavy atom. The third-order valence-corrected chi connectivity index (χ3v) is 6.55. The van der Waals surface area contributed by atoms with Gasteiger partial charge in [-0.25, -0.2) is 9.18 Å². The zero-order chi connectivity index (χ0) is 21.6. The second kappa shape index (κ2) is 10.0. The number of fused-ring (bicyclic) bond motifs is 1. The van der Waals surface area contributed by atoms with Crippen molar-refractivity contribution in [3.63, 3.8) is 0 Å². The van der Waals surface area contributed by atoms with E-state index in [-0.39, 0.29) is 17.5 Å². The maximum Gasteiger partial charge on any atom is 0.411 e. The predicted octanol–water partition coefficient (Wildman–Crippen LogP) is 5.57. The molecule has 4 rings (SSSR count). The molecule has 7 heteroatoms. The standard InChI is InChI=1S/C24H25FN2O3S/c25-19-7-5-17(6-8-19)23(28)18-9-13-27(14-10-18)12-2-15-30-24(29)26-21-3-1-4-22-20(21)11-16-31-22/h1,3-8,11,16,18H,2,9-10,12-15H2,(H,26,29). The number of nitrogens with zero attached hydrogens (tertiary/aromatic N) is 1. The molecule has 3 aromatic rings. The first-order valence-electron chi connectivity index (χ1n) is 10.5. The molecule has 2 heterocycles. The maximum atomic E-state index is 13.0. The molecule has 1 aliphatic rings. The lowest BCUT2D eigenvalue weighted by Crippen LogP contribution is -2.37. The van der Waals surface area contributed by atoms with Crippen LogP contribution in [0.2, 0.25) is 0 Å². The van der Waals surface area contributed by atoms with Gasteiger partial charge in [0.15, 0.2) is 5.78 Å². The van der Waals surface area contributed by atoms with Gasteiger partial charge in [0.25, 0.3) is 0 Å². The number of thiophene rings is 1. The summed E-state index contributed by atoms with van der Waals surface area (Å²) in [6.45, 7) is 2.85. The molecule has 0 unspecified atom stereocenters. The Balaban J connectivity index is 1.15. The lowest BCUT2D eigenvalue weighted by atomic mass is 9.89.